The Morgan fingerprint density at radius 2 is 1.70 bits per heavy atom. The lowest BCUT2D eigenvalue weighted by Crippen LogP contribution is -1.97. The maximum Gasteiger partial charge on any atom is 0.161 e. The number of methoxy groups -OCH3 is 1. The zero-order valence-corrected chi connectivity index (χ0v) is 15.5. The minimum atomic E-state index is 0.471. The van der Waals surface area contributed by atoms with E-state index in [4.69, 9.17) is 9.47 Å². The van der Waals surface area contributed by atoms with Crippen molar-refractivity contribution in [3.8, 4) is 17.6 Å². The molecule has 0 spiro atoms. The third kappa shape index (κ3) is 4.77. The van der Waals surface area contributed by atoms with Gasteiger partial charge in [0.05, 0.1) is 18.8 Å². The standard InChI is InChI=1S/C24H21NO2/c1-18-8-11-21(12-9-18)22(16-25)14-20-10-13-23(24(15-20)26-2)27-17-19-6-4-3-5-7-19/h3-15H,17H2,1-2H3/b22-14+. The molecule has 0 saturated carbocycles. The summed E-state index contributed by atoms with van der Waals surface area (Å²) < 4.78 is 11.4. The second kappa shape index (κ2) is 8.73. The number of nitriles is 1. The van der Waals surface area contributed by atoms with Crippen molar-refractivity contribution in [3.05, 3.63) is 95.1 Å². The molecule has 0 aliphatic carbocycles. The van der Waals surface area contributed by atoms with Gasteiger partial charge in [-0.05, 0) is 41.8 Å². The number of allylic oxidation sites excluding steroid dienone is 1. The Morgan fingerprint density at radius 1 is 0.963 bits per heavy atom. The molecule has 0 heterocycles. The summed E-state index contributed by atoms with van der Waals surface area (Å²) in [5.74, 6) is 1.31. The van der Waals surface area contributed by atoms with Crippen LogP contribution < -0.4 is 9.47 Å². The largest absolute Gasteiger partial charge is 0.493 e. The summed E-state index contributed by atoms with van der Waals surface area (Å²) in [7, 11) is 1.61. The second-order valence-electron chi connectivity index (χ2n) is 6.22. The van der Waals surface area contributed by atoms with E-state index in [1.54, 1.807) is 7.11 Å². The number of ether oxygens (including phenoxy) is 2. The van der Waals surface area contributed by atoms with Crippen LogP contribution in [0.15, 0.2) is 72.8 Å². The van der Waals surface area contributed by atoms with Crippen molar-refractivity contribution >= 4 is 11.6 Å². The monoisotopic (exact) mass is 355 g/mol. The summed E-state index contributed by atoms with van der Waals surface area (Å²) in [4.78, 5) is 0. The highest BCUT2D eigenvalue weighted by atomic mass is 16.5. The van der Waals surface area contributed by atoms with E-state index >= 15 is 0 Å². The number of hydrogen-bond donors (Lipinski definition) is 0. The lowest BCUT2D eigenvalue weighted by Gasteiger charge is -2.11. The zero-order chi connectivity index (χ0) is 19.1. The van der Waals surface area contributed by atoms with Crippen LogP contribution in [0.5, 0.6) is 11.5 Å². The number of nitrogens with zero attached hydrogens (tertiary/aromatic N) is 1. The molecule has 3 aromatic carbocycles. The first kappa shape index (κ1) is 18.3. The molecule has 0 amide bonds. The lowest BCUT2D eigenvalue weighted by atomic mass is 10.0. The number of hydrogen-bond acceptors (Lipinski definition) is 3. The molecule has 0 unspecified atom stereocenters. The highest BCUT2D eigenvalue weighted by molar-refractivity contribution is 5.89. The summed E-state index contributed by atoms with van der Waals surface area (Å²) in [5.41, 5.74) is 4.64. The van der Waals surface area contributed by atoms with Crippen molar-refractivity contribution in [2.24, 2.45) is 0 Å². The maximum atomic E-state index is 9.53. The van der Waals surface area contributed by atoms with Crippen molar-refractivity contribution in [2.45, 2.75) is 13.5 Å². The van der Waals surface area contributed by atoms with Gasteiger partial charge in [0.1, 0.15) is 6.61 Å². The summed E-state index contributed by atoms with van der Waals surface area (Å²) >= 11 is 0. The van der Waals surface area contributed by atoms with E-state index in [2.05, 4.69) is 6.07 Å². The smallest absolute Gasteiger partial charge is 0.161 e. The first-order chi connectivity index (χ1) is 13.2. The topological polar surface area (TPSA) is 42.2 Å². The van der Waals surface area contributed by atoms with Crippen LogP contribution in [0.4, 0.5) is 0 Å². The molecule has 3 aromatic rings. The summed E-state index contributed by atoms with van der Waals surface area (Å²) in [6.07, 6.45) is 1.86. The molecule has 0 aromatic heterocycles. The van der Waals surface area contributed by atoms with E-state index in [0.717, 1.165) is 22.3 Å². The zero-order valence-electron chi connectivity index (χ0n) is 15.5. The second-order valence-corrected chi connectivity index (χ2v) is 6.22. The first-order valence-electron chi connectivity index (χ1n) is 8.73. The highest BCUT2D eigenvalue weighted by Crippen LogP contribution is 2.30. The molecule has 0 N–H and O–H groups in total. The van der Waals surface area contributed by atoms with Gasteiger partial charge in [0.15, 0.2) is 11.5 Å². The summed E-state index contributed by atoms with van der Waals surface area (Å²) in [6.45, 7) is 2.50. The molecule has 0 fully saturated rings. The molecule has 0 radical (unpaired) electrons. The molecule has 27 heavy (non-hydrogen) atoms. The molecule has 3 rings (SSSR count). The van der Waals surface area contributed by atoms with Gasteiger partial charge in [-0.3, -0.25) is 0 Å². The van der Waals surface area contributed by atoms with Crippen molar-refractivity contribution in [1.82, 2.24) is 0 Å². The Bertz CT molecular complexity index is 968. The van der Waals surface area contributed by atoms with E-state index < -0.39 is 0 Å². The quantitative estimate of drug-likeness (QED) is 0.424. The Labute approximate surface area is 160 Å². The Balaban J connectivity index is 1.82. The molecule has 134 valence electrons. The summed E-state index contributed by atoms with van der Waals surface area (Å²) in [5, 5.41) is 9.53. The molecule has 0 aliphatic heterocycles. The summed E-state index contributed by atoms with van der Waals surface area (Å²) in [6, 6.07) is 25.9. The van der Waals surface area contributed by atoms with Crippen LogP contribution in [-0.4, -0.2) is 7.11 Å². The van der Waals surface area contributed by atoms with Gasteiger partial charge in [-0.15, -0.1) is 0 Å². The minimum Gasteiger partial charge on any atom is -0.493 e. The minimum absolute atomic E-state index is 0.471. The highest BCUT2D eigenvalue weighted by Gasteiger charge is 2.07. The fourth-order valence-corrected chi connectivity index (χ4v) is 2.71. The molecule has 0 saturated heterocycles. The van der Waals surface area contributed by atoms with Gasteiger partial charge in [-0.25, -0.2) is 0 Å². The molecule has 3 heteroatoms. The maximum absolute atomic E-state index is 9.53. The fourth-order valence-electron chi connectivity index (χ4n) is 2.71. The Kier molecular flexibility index (Phi) is 5.91. The molecule has 0 bridgehead atoms. The lowest BCUT2D eigenvalue weighted by molar-refractivity contribution is 0.284. The molecule has 0 aliphatic rings. The Morgan fingerprint density at radius 3 is 2.37 bits per heavy atom. The van der Waals surface area contributed by atoms with Crippen LogP contribution in [0, 0.1) is 18.3 Å². The van der Waals surface area contributed by atoms with Crippen molar-refractivity contribution < 1.29 is 9.47 Å². The van der Waals surface area contributed by atoms with Gasteiger partial charge < -0.3 is 9.47 Å². The van der Waals surface area contributed by atoms with E-state index in [1.165, 1.54) is 0 Å². The normalized spacial score (nSPS) is 10.9. The van der Waals surface area contributed by atoms with E-state index in [0.29, 0.717) is 23.7 Å². The SMILES string of the molecule is COc1cc(/C=C(\C#N)c2ccc(C)cc2)ccc1OCc1ccccc1. The van der Waals surface area contributed by atoms with Gasteiger partial charge in [0, 0.05) is 0 Å². The average Bonchev–Trinajstić information content (AvgIpc) is 2.72. The predicted octanol–water partition coefficient (Wildman–Crippen LogP) is 5.65. The molecule has 0 atom stereocenters. The molecular weight excluding hydrogens is 334 g/mol. The number of rotatable bonds is 6. The van der Waals surface area contributed by atoms with Gasteiger partial charge >= 0.3 is 0 Å². The molecule has 3 nitrogen and oxygen atoms in total. The third-order valence-electron chi connectivity index (χ3n) is 4.22. The van der Waals surface area contributed by atoms with Crippen LogP contribution in [0.2, 0.25) is 0 Å². The van der Waals surface area contributed by atoms with Gasteiger partial charge in [0.2, 0.25) is 0 Å². The fraction of sp³-hybridized carbons (Fsp3) is 0.125. The predicted molar refractivity (Wildman–Crippen MR) is 108 cm³/mol. The van der Waals surface area contributed by atoms with Crippen LogP contribution in [0.3, 0.4) is 0 Å². The number of aryl methyl sites for hydroxylation is 1. The van der Waals surface area contributed by atoms with Crippen molar-refractivity contribution in [2.75, 3.05) is 7.11 Å². The molecular formula is C24H21NO2. The van der Waals surface area contributed by atoms with E-state index in [-0.39, 0.29) is 0 Å². The van der Waals surface area contributed by atoms with Crippen molar-refractivity contribution in [1.29, 1.82) is 5.26 Å². The van der Waals surface area contributed by atoms with Gasteiger partial charge in [-0.2, -0.15) is 5.26 Å². The van der Waals surface area contributed by atoms with Crippen LogP contribution in [0.25, 0.3) is 11.6 Å². The first-order valence-corrected chi connectivity index (χ1v) is 8.73. The van der Waals surface area contributed by atoms with Crippen LogP contribution >= 0.6 is 0 Å². The van der Waals surface area contributed by atoms with Crippen LogP contribution in [0.1, 0.15) is 22.3 Å². The average molecular weight is 355 g/mol. The van der Waals surface area contributed by atoms with E-state index in [9.17, 15) is 5.26 Å². The number of benzene rings is 3. The van der Waals surface area contributed by atoms with Crippen LogP contribution in [-0.2, 0) is 6.61 Å². The Hall–Kier alpha value is -3.51. The van der Waals surface area contributed by atoms with E-state index in [1.807, 2.05) is 85.8 Å². The third-order valence-corrected chi connectivity index (χ3v) is 4.22. The van der Waals surface area contributed by atoms with Gasteiger partial charge in [-0.1, -0.05) is 66.2 Å². The van der Waals surface area contributed by atoms with Crippen molar-refractivity contribution in [3.63, 3.8) is 0 Å². The van der Waals surface area contributed by atoms with Gasteiger partial charge in [0.25, 0.3) is 0 Å².